The van der Waals surface area contributed by atoms with Crippen LogP contribution >= 0.6 is 11.3 Å². The lowest BCUT2D eigenvalue weighted by Crippen LogP contribution is -2.37. The van der Waals surface area contributed by atoms with E-state index in [9.17, 15) is 4.79 Å². The number of carbonyl (C=O) groups is 1. The Balaban J connectivity index is 2.06. The highest BCUT2D eigenvalue weighted by Gasteiger charge is 2.30. The van der Waals surface area contributed by atoms with Gasteiger partial charge >= 0.3 is 0 Å². The maximum atomic E-state index is 11.5. The molecule has 0 aromatic carbocycles. The first-order valence-corrected chi connectivity index (χ1v) is 7.84. The van der Waals surface area contributed by atoms with Crippen LogP contribution < -0.4 is 4.90 Å². The predicted octanol–water partition coefficient (Wildman–Crippen LogP) is 3.92. The highest BCUT2D eigenvalue weighted by Crippen LogP contribution is 2.36. The summed E-state index contributed by atoms with van der Waals surface area (Å²) in [6.07, 6.45) is 2.44. The van der Waals surface area contributed by atoms with Gasteiger partial charge < -0.3 is 4.90 Å². The standard InChI is InChI=1S/C15H24N2OS/c1-10-13(11(2)18)19-14(16-10)17-8-6-12(7-9-17)15(3,4)5/h12H,6-9H2,1-5H3. The second-order valence-electron chi connectivity index (χ2n) is 6.59. The van der Waals surface area contributed by atoms with E-state index in [4.69, 9.17) is 0 Å². The number of hydrogen-bond acceptors (Lipinski definition) is 4. The lowest BCUT2D eigenvalue weighted by atomic mass is 9.75. The van der Waals surface area contributed by atoms with Crippen LogP contribution in [-0.4, -0.2) is 23.9 Å². The van der Waals surface area contributed by atoms with Crippen LogP contribution in [0.15, 0.2) is 0 Å². The summed E-state index contributed by atoms with van der Waals surface area (Å²) in [4.78, 5) is 19.2. The lowest BCUT2D eigenvalue weighted by molar-refractivity contribution is 0.102. The molecule has 1 aromatic heterocycles. The number of Topliss-reactive ketones (excluding diaryl/α,β-unsaturated/α-hetero) is 1. The molecule has 2 heterocycles. The molecule has 0 aliphatic carbocycles. The molecule has 1 aliphatic heterocycles. The zero-order valence-electron chi connectivity index (χ0n) is 12.6. The molecule has 2 rings (SSSR count). The summed E-state index contributed by atoms with van der Waals surface area (Å²) in [6.45, 7) is 12.7. The van der Waals surface area contributed by atoms with Crippen LogP contribution in [0.3, 0.4) is 0 Å². The van der Waals surface area contributed by atoms with Gasteiger partial charge in [-0.05, 0) is 31.1 Å². The average molecular weight is 280 g/mol. The summed E-state index contributed by atoms with van der Waals surface area (Å²) in [5.41, 5.74) is 1.28. The number of rotatable bonds is 2. The summed E-state index contributed by atoms with van der Waals surface area (Å²) >= 11 is 1.55. The fourth-order valence-electron chi connectivity index (χ4n) is 2.78. The fraction of sp³-hybridized carbons (Fsp3) is 0.733. The van der Waals surface area contributed by atoms with Crippen LogP contribution in [0.25, 0.3) is 0 Å². The highest BCUT2D eigenvalue weighted by molar-refractivity contribution is 7.17. The molecule has 4 heteroatoms. The van der Waals surface area contributed by atoms with Gasteiger partial charge in [0.25, 0.3) is 0 Å². The summed E-state index contributed by atoms with van der Waals surface area (Å²) < 4.78 is 0. The van der Waals surface area contributed by atoms with E-state index in [1.54, 1.807) is 18.3 Å². The Morgan fingerprint density at radius 1 is 1.32 bits per heavy atom. The minimum Gasteiger partial charge on any atom is -0.348 e. The van der Waals surface area contributed by atoms with Gasteiger partial charge in [0, 0.05) is 20.0 Å². The van der Waals surface area contributed by atoms with Crippen molar-refractivity contribution < 1.29 is 4.79 Å². The van der Waals surface area contributed by atoms with Crippen molar-refractivity contribution in [3.05, 3.63) is 10.6 Å². The molecule has 0 unspecified atom stereocenters. The fourth-order valence-corrected chi connectivity index (χ4v) is 3.79. The van der Waals surface area contributed by atoms with Gasteiger partial charge in [0.05, 0.1) is 10.6 Å². The molecule has 1 aliphatic rings. The predicted molar refractivity (Wildman–Crippen MR) is 81.2 cm³/mol. The molecule has 0 bridgehead atoms. The molecule has 1 aromatic rings. The van der Waals surface area contributed by atoms with Crippen molar-refractivity contribution in [2.75, 3.05) is 18.0 Å². The van der Waals surface area contributed by atoms with Crippen LogP contribution in [0.5, 0.6) is 0 Å². The number of aryl methyl sites for hydroxylation is 1. The Hall–Kier alpha value is -0.900. The minimum atomic E-state index is 0.130. The molecule has 19 heavy (non-hydrogen) atoms. The Labute approximate surface area is 120 Å². The Bertz CT molecular complexity index is 465. The lowest BCUT2D eigenvalue weighted by Gasteiger charge is -2.38. The van der Waals surface area contributed by atoms with Crippen LogP contribution in [0.1, 0.15) is 55.9 Å². The molecule has 0 atom stereocenters. The first-order valence-electron chi connectivity index (χ1n) is 7.02. The number of aromatic nitrogens is 1. The Morgan fingerprint density at radius 3 is 2.32 bits per heavy atom. The maximum absolute atomic E-state index is 11.5. The smallest absolute Gasteiger partial charge is 0.186 e. The average Bonchev–Trinajstić information content (AvgIpc) is 2.70. The quantitative estimate of drug-likeness (QED) is 0.770. The van der Waals surface area contributed by atoms with Crippen molar-refractivity contribution in [3.63, 3.8) is 0 Å². The number of thiazole rings is 1. The third-order valence-electron chi connectivity index (χ3n) is 4.10. The normalized spacial score (nSPS) is 17.8. The van der Waals surface area contributed by atoms with E-state index in [0.717, 1.165) is 34.7 Å². The van der Waals surface area contributed by atoms with E-state index in [1.165, 1.54) is 12.8 Å². The molecular formula is C15H24N2OS. The zero-order valence-corrected chi connectivity index (χ0v) is 13.4. The Morgan fingerprint density at radius 2 is 1.89 bits per heavy atom. The van der Waals surface area contributed by atoms with Gasteiger partial charge in [-0.15, -0.1) is 0 Å². The molecule has 0 radical (unpaired) electrons. The first kappa shape index (κ1) is 14.5. The molecule has 0 saturated carbocycles. The van der Waals surface area contributed by atoms with Crippen LogP contribution in [-0.2, 0) is 0 Å². The van der Waals surface area contributed by atoms with Crippen molar-refractivity contribution in [2.24, 2.45) is 11.3 Å². The molecular weight excluding hydrogens is 256 g/mol. The number of ketones is 1. The second-order valence-corrected chi connectivity index (χ2v) is 7.57. The first-order chi connectivity index (χ1) is 8.79. The van der Waals surface area contributed by atoms with Gasteiger partial charge in [-0.1, -0.05) is 32.1 Å². The highest BCUT2D eigenvalue weighted by atomic mass is 32.1. The third kappa shape index (κ3) is 3.16. The van der Waals surface area contributed by atoms with Crippen molar-refractivity contribution in [2.45, 2.75) is 47.5 Å². The molecule has 0 amide bonds. The minimum absolute atomic E-state index is 0.130. The summed E-state index contributed by atoms with van der Waals surface area (Å²) in [6, 6.07) is 0. The van der Waals surface area contributed by atoms with Crippen molar-refractivity contribution in [3.8, 4) is 0 Å². The van der Waals surface area contributed by atoms with Crippen molar-refractivity contribution >= 4 is 22.3 Å². The van der Waals surface area contributed by atoms with Crippen LogP contribution in [0.2, 0.25) is 0 Å². The molecule has 106 valence electrons. The monoisotopic (exact) mass is 280 g/mol. The molecule has 1 saturated heterocycles. The van der Waals surface area contributed by atoms with E-state index in [0.29, 0.717) is 5.41 Å². The van der Waals surface area contributed by atoms with Crippen LogP contribution in [0.4, 0.5) is 5.13 Å². The van der Waals surface area contributed by atoms with Gasteiger partial charge in [-0.2, -0.15) is 0 Å². The number of nitrogens with zero attached hydrogens (tertiary/aromatic N) is 2. The second kappa shape index (κ2) is 5.23. The topological polar surface area (TPSA) is 33.2 Å². The zero-order chi connectivity index (χ0) is 14.2. The van der Waals surface area contributed by atoms with Gasteiger partial charge in [0.2, 0.25) is 0 Å². The number of carbonyl (C=O) groups excluding carboxylic acids is 1. The number of anilines is 1. The molecule has 1 fully saturated rings. The van der Waals surface area contributed by atoms with E-state index in [-0.39, 0.29) is 5.78 Å². The SMILES string of the molecule is CC(=O)c1sc(N2CCC(C(C)(C)C)CC2)nc1C. The number of piperidine rings is 1. The molecule has 0 spiro atoms. The maximum Gasteiger partial charge on any atom is 0.186 e. The van der Waals surface area contributed by atoms with Gasteiger partial charge in [0.1, 0.15) is 0 Å². The largest absolute Gasteiger partial charge is 0.348 e. The van der Waals surface area contributed by atoms with E-state index in [1.807, 2.05) is 6.92 Å². The van der Waals surface area contributed by atoms with Gasteiger partial charge in [-0.25, -0.2) is 4.98 Å². The summed E-state index contributed by atoms with van der Waals surface area (Å²) in [5.74, 6) is 0.919. The summed E-state index contributed by atoms with van der Waals surface area (Å²) in [5, 5.41) is 1.02. The summed E-state index contributed by atoms with van der Waals surface area (Å²) in [7, 11) is 0. The van der Waals surface area contributed by atoms with Crippen molar-refractivity contribution in [1.82, 2.24) is 4.98 Å². The van der Waals surface area contributed by atoms with E-state index in [2.05, 4.69) is 30.7 Å². The Kier molecular flexibility index (Phi) is 4.00. The van der Waals surface area contributed by atoms with E-state index < -0.39 is 0 Å². The van der Waals surface area contributed by atoms with Crippen molar-refractivity contribution in [1.29, 1.82) is 0 Å². The molecule has 0 N–H and O–H groups in total. The van der Waals surface area contributed by atoms with Gasteiger partial charge in [-0.3, -0.25) is 4.79 Å². The molecule has 3 nitrogen and oxygen atoms in total. The van der Waals surface area contributed by atoms with Gasteiger partial charge in [0.15, 0.2) is 10.9 Å². The van der Waals surface area contributed by atoms with E-state index >= 15 is 0 Å². The third-order valence-corrected chi connectivity index (χ3v) is 5.41. The van der Waals surface area contributed by atoms with Crippen LogP contribution in [0, 0.1) is 18.3 Å². The number of hydrogen-bond donors (Lipinski definition) is 0.